The summed E-state index contributed by atoms with van der Waals surface area (Å²) in [7, 11) is 0. The zero-order chi connectivity index (χ0) is 12.3. The first kappa shape index (κ1) is 13.2. The van der Waals surface area contributed by atoms with E-state index in [1.165, 1.54) is 0 Å². The fourth-order valence-corrected chi connectivity index (χ4v) is 1.56. The van der Waals surface area contributed by atoms with Crippen molar-refractivity contribution in [1.82, 2.24) is 0 Å². The molecule has 0 heterocycles. The first-order valence-electron chi connectivity index (χ1n) is 4.71. The largest absolute Gasteiger partial charge is 0.506 e. The van der Waals surface area contributed by atoms with Gasteiger partial charge in [-0.15, -0.1) is 0 Å². The van der Waals surface area contributed by atoms with Crippen LogP contribution in [-0.4, -0.2) is 28.0 Å². The predicted molar refractivity (Wildman–Crippen MR) is 57.7 cm³/mol. The van der Waals surface area contributed by atoms with E-state index in [-0.39, 0.29) is 23.6 Å². The predicted octanol–water partition coefficient (Wildman–Crippen LogP) is 0.928. The highest BCUT2D eigenvalue weighted by molar-refractivity contribution is 6.32. The maximum Gasteiger partial charge on any atom is 0.140 e. The second-order valence-corrected chi connectivity index (χ2v) is 3.82. The molecule has 16 heavy (non-hydrogen) atoms. The first-order chi connectivity index (χ1) is 7.47. The van der Waals surface area contributed by atoms with Gasteiger partial charge in [0.2, 0.25) is 0 Å². The lowest BCUT2D eigenvalue weighted by Crippen LogP contribution is -2.22. The van der Waals surface area contributed by atoms with Crippen LogP contribution in [-0.2, 0) is 0 Å². The van der Waals surface area contributed by atoms with Gasteiger partial charge in [-0.2, -0.15) is 0 Å². The summed E-state index contributed by atoms with van der Waals surface area (Å²) < 4.78 is 13.0. The van der Waals surface area contributed by atoms with Crippen LogP contribution >= 0.6 is 11.6 Å². The molecule has 0 saturated carbocycles. The fourth-order valence-electron chi connectivity index (χ4n) is 1.35. The molecule has 0 aliphatic carbocycles. The Hall–Kier alpha value is -0.880. The maximum atomic E-state index is 13.0. The third-order valence-electron chi connectivity index (χ3n) is 2.20. The third kappa shape index (κ3) is 2.82. The second-order valence-electron chi connectivity index (χ2n) is 3.41. The lowest BCUT2D eigenvalue weighted by molar-refractivity contribution is 0.0135. The Bertz CT molecular complexity index is 375. The van der Waals surface area contributed by atoms with Crippen molar-refractivity contribution in [2.75, 3.05) is 6.54 Å². The van der Waals surface area contributed by atoms with Crippen molar-refractivity contribution >= 4 is 11.6 Å². The highest BCUT2D eigenvalue weighted by atomic mass is 35.5. The minimum atomic E-state index is -1.42. The van der Waals surface area contributed by atoms with Gasteiger partial charge in [-0.25, -0.2) is 4.39 Å². The summed E-state index contributed by atoms with van der Waals surface area (Å²) in [6.07, 6.45) is -2.46. The standard InChI is InChI=1S/C10H13ClFNO3/c11-7-4-5(12)3-6(9(7)15)10(16)8(14)1-2-13/h3-4,8,10,14-16H,1-2,13H2. The summed E-state index contributed by atoms with van der Waals surface area (Å²) in [5.41, 5.74) is 5.06. The number of aliphatic hydroxyl groups excluding tert-OH is 2. The van der Waals surface area contributed by atoms with Crippen molar-refractivity contribution in [3.8, 4) is 5.75 Å². The smallest absolute Gasteiger partial charge is 0.140 e. The lowest BCUT2D eigenvalue weighted by Gasteiger charge is -2.18. The van der Waals surface area contributed by atoms with Crippen LogP contribution in [0.3, 0.4) is 0 Å². The van der Waals surface area contributed by atoms with Crippen LogP contribution in [0.25, 0.3) is 0 Å². The zero-order valence-corrected chi connectivity index (χ0v) is 9.15. The van der Waals surface area contributed by atoms with Crippen LogP contribution < -0.4 is 5.73 Å². The van der Waals surface area contributed by atoms with E-state index >= 15 is 0 Å². The van der Waals surface area contributed by atoms with Crippen LogP contribution in [0.4, 0.5) is 4.39 Å². The summed E-state index contributed by atoms with van der Waals surface area (Å²) in [4.78, 5) is 0. The molecule has 0 aliphatic rings. The zero-order valence-electron chi connectivity index (χ0n) is 8.40. The SMILES string of the molecule is NCCC(O)C(O)c1cc(F)cc(Cl)c1O. The molecule has 0 fully saturated rings. The van der Waals surface area contributed by atoms with Crippen LogP contribution in [0.2, 0.25) is 5.02 Å². The molecule has 6 heteroatoms. The number of benzene rings is 1. The van der Waals surface area contributed by atoms with Crippen LogP contribution in [0.1, 0.15) is 18.1 Å². The van der Waals surface area contributed by atoms with E-state index in [0.29, 0.717) is 0 Å². The Kier molecular flexibility index (Phi) is 4.49. The van der Waals surface area contributed by atoms with E-state index in [4.69, 9.17) is 17.3 Å². The maximum absolute atomic E-state index is 13.0. The van der Waals surface area contributed by atoms with Gasteiger partial charge in [0.15, 0.2) is 0 Å². The van der Waals surface area contributed by atoms with Gasteiger partial charge in [0, 0.05) is 5.56 Å². The number of nitrogens with two attached hydrogens (primary N) is 1. The number of hydrogen-bond acceptors (Lipinski definition) is 4. The van der Waals surface area contributed by atoms with Crippen molar-refractivity contribution in [3.05, 3.63) is 28.5 Å². The molecule has 0 spiro atoms. The Morgan fingerprint density at radius 2 is 2.00 bits per heavy atom. The molecule has 0 saturated heterocycles. The summed E-state index contributed by atoms with van der Waals surface area (Å²) in [6, 6.07) is 1.84. The number of hydrogen-bond donors (Lipinski definition) is 4. The van der Waals surface area contributed by atoms with Gasteiger partial charge >= 0.3 is 0 Å². The Balaban J connectivity index is 3.03. The average Bonchev–Trinajstić information content (AvgIpc) is 2.22. The molecule has 2 unspecified atom stereocenters. The third-order valence-corrected chi connectivity index (χ3v) is 2.49. The second kappa shape index (κ2) is 5.45. The number of halogens is 2. The molecule has 0 radical (unpaired) electrons. The Morgan fingerprint density at radius 1 is 1.38 bits per heavy atom. The molecule has 90 valence electrons. The van der Waals surface area contributed by atoms with Crippen LogP contribution in [0, 0.1) is 5.82 Å². The van der Waals surface area contributed by atoms with E-state index in [1.807, 2.05) is 0 Å². The number of phenols is 1. The number of aliphatic hydroxyl groups is 2. The molecule has 1 aromatic rings. The summed E-state index contributed by atoms with van der Waals surface area (Å²) >= 11 is 5.54. The van der Waals surface area contributed by atoms with Gasteiger partial charge in [0.1, 0.15) is 17.7 Å². The van der Waals surface area contributed by atoms with Crippen molar-refractivity contribution < 1.29 is 19.7 Å². The van der Waals surface area contributed by atoms with E-state index in [0.717, 1.165) is 12.1 Å². The van der Waals surface area contributed by atoms with Gasteiger partial charge < -0.3 is 21.1 Å². The molecule has 0 bridgehead atoms. The van der Waals surface area contributed by atoms with Gasteiger partial charge in [-0.1, -0.05) is 11.6 Å². The quantitative estimate of drug-likeness (QED) is 0.639. The van der Waals surface area contributed by atoms with Crippen LogP contribution in [0.5, 0.6) is 5.75 Å². The summed E-state index contributed by atoms with van der Waals surface area (Å²) in [5.74, 6) is -1.14. The number of phenolic OH excluding ortho intramolecular Hbond substituents is 1. The number of aromatic hydroxyl groups is 1. The molecule has 1 rings (SSSR count). The molecule has 0 amide bonds. The van der Waals surface area contributed by atoms with Crippen molar-refractivity contribution in [3.63, 3.8) is 0 Å². The van der Waals surface area contributed by atoms with E-state index in [2.05, 4.69) is 0 Å². The minimum absolute atomic E-state index is 0.134. The molecule has 1 aromatic carbocycles. The van der Waals surface area contributed by atoms with Gasteiger partial charge in [0.25, 0.3) is 0 Å². The van der Waals surface area contributed by atoms with Gasteiger partial charge in [-0.3, -0.25) is 0 Å². The monoisotopic (exact) mass is 249 g/mol. The van der Waals surface area contributed by atoms with E-state index in [1.54, 1.807) is 0 Å². The normalized spacial score (nSPS) is 14.8. The molecule has 0 aromatic heterocycles. The Morgan fingerprint density at radius 3 is 2.56 bits per heavy atom. The van der Waals surface area contributed by atoms with Crippen LogP contribution in [0.15, 0.2) is 12.1 Å². The van der Waals surface area contributed by atoms with E-state index in [9.17, 15) is 19.7 Å². The minimum Gasteiger partial charge on any atom is -0.506 e. The lowest BCUT2D eigenvalue weighted by atomic mass is 10.0. The molecule has 0 aliphatic heterocycles. The topological polar surface area (TPSA) is 86.7 Å². The van der Waals surface area contributed by atoms with Crippen molar-refractivity contribution in [1.29, 1.82) is 0 Å². The van der Waals surface area contributed by atoms with E-state index < -0.39 is 23.8 Å². The van der Waals surface area contributed by atoms with Crippen molar-refractivity contribution in [2.45, 2.75) is 18.6 Å². The molecule has 5 N–H and O–H groups in total. The fraction of sp³-hybridized carbons (Fsp3) is 0.400. The molecule has 4 nitrogen and oxygen atoms in total. The summed E-state index contributed by atoms with van der Waals surface area (Å²) in [6.45, 7) is 0.169. The highest BCUT2D eigenvalue weighted by Gasteiger charge is 2.22. The first-order valence-corrected chi connectivity index (χ1v) is 5.09. The Labute approximate surface area is 97.1 Å². The van der Waals surface area contributed by atoms with Crippen molar-refractivity contribution in [2.24, 2.45) is 5.73 Å². The highest BCUT2D eigenvalue weighted by Crippen LogP contribution is 2.34. The summed E-state index contributed by atoms with van der Waals surface area (Å²) in [5, 5.41) is 28.4. The molecular weight excluding hydrogens is 237 g/mol. The van der Waals surface area contributed by atoms with Gasteiger partial charge in [-0.05, 0) is 25.1 Å². The molecule has 2 atom stereocenters. The average molecular weight is 250 g/mol. The van der Waals surface area contributed by atoms with Gasteiger partial charge in [0.05, 0.1) is 11.1 Å². The number of rotatable bonds is 4. The molecular formula is C10H13ClFNO3.